The van der Waals surface area contributed by atoms with E-state index in [2.05, 4.69) is 21.5 Å². The molecular formula is C13H15N5. The lowest BCUT2D eigenvalue weighted by molar-refractivity contribution is 0.765. The highest BCUT2D eigenvalue weighted by Gasteiger charge is 2.09. The Hall–Kier alpha value is -2.35. The van der Waals surface area contributed by atoms with Crippen LogP contribution in [-0.4, -0.2) is 14.8 Å². The molecule has 2 aromatic heterocycles. The van der Waals surface area contributed by atoms with Gasteiger partial charge in [0.1, 0.15) is 17.6 Å². The fraction of sp³-hybridized carbons (Fsp3) is 0.308. The monoisotopic (exact) mass is 241 g/mol. The Morgan fingerprint density at radius 2 is 2.22 bits per heavy atom. The molecule has 1 unspecified atom stereocenters. The normalized spacial score (nSPS) is 11.9. The molecule has 0 radical (unpaired) electrons. The lowest BCUT2D eigenvalue weighted by atomic mass is 10.2. The lowest BCUT2D eigenvalue weighted by Crippen LogP contribution is -2.08. The van der Waals surface area contributed by atoms with E-state index in [1.54, 1.807) is 4.68 Å². The molecule has 2 aromatic rings. The molecule has 2 heterocycles. The maximum atomic E-state index is 8.94. The van der Waals surface area contributed by atoms with Crippen molar-refractivity contribution in [3.05, 3.63) is 41.3 Å². The van der Waals surface area contributed by atoms with Crippen molar-refractivity contribution in [3.8, 4) is 6.07 Å². The van der Waals surface area contributed by atoms with Crippen molar-refractivity contribution < 1.29 is 0 Å². The van der Waals surface area contributed by atoms with Gasteiger partial charge in [0, 0.05) is 18.8 Å². The minimum absolute atomic E-state index is 0.0976. The maximum absolute atomic E-state index is 8.94. The summed E-state index contributed by atoms with van der Waals surface area (Å²) in [5, 5.41) is 16.3. The molecule has 0 bridgehead atoms. The van der Waals surface area contributed by atoms with Crippen LogP contribution in [-0.2, 0) is 7.05 Å². The smallest absolute Gasteiger partial charge is 0.145 e. The molecule has 18 heavy (non-hydrogen) atoms. The Morgan fingerprint density at radius 3 is 2.83 bits per heavy atom. The number of aryl methyl sites for hydroxylation is 2. The SMILES string of the molecule is Cc1ccc(NC(C)c2cnn(C)c2)nc1C#N. The number of nitrogens with zero attached hydrogens (tertiary/aromatic N) is 4. The van der Waals surface area contributed by atoms with Gasteiger partial charge in [0.2, 0.25) is 0 Å². The van der Waals surface area contributed by atoms with Gasteiger partial charge in [-0.25, -0.2) is 4.98 Å². The molecule has 0 aliphatic carbocycles. The zero-order chi connectivity index (χ0) is 13.1. The summed E-state index contributed by atoms with van der Waals surface area (Å²) >= 11 is 0. The van der Waals surface area contributed by atoms with Crippen molar-refractivity contribution in [1.82, 2.24) is 14.8 Å². The third-order valence-electron chi connectivity index (χ3n) is 2.79. The van der Waals surface area contributed by atoms with Crippen molar-refractivity contribution in [1.29, 1.82) is 5.26 Å². The molecule has 5 nitrogen and oxygen atoms in total. The molecule has 0 fully saturated rings. The summed E-state index contributed by atoms with van der Waals surface area (Å²) in [5.74, 6) is 0.702. The van der Waals surface area contributed by atoms with Gasteiger partial charge < -0.3 is 5.32 Å². The van der Waals surface area contributed by atoms with E-state index in [1.807, 2.05) is 45.4 Å². The predicted octanol–water partition coefficient (Wildman–Crippen LogP) is 2.17. The van der Waals surface area contributed by atoms with Gasteiger partial charge in [-0.1, -0.05) is 6.07 Å². The van der Waals surface area contributed by atoms with Gasteiger partial charge in [0.05, 0.1) is 12.2 Å². The summed E-state index contributed by atoms with van der Waals surface area (Å²) in [5.41, 5.74) is 2.42. The topological polar surface area (TPSA) is 66.5 Å². The van der Waals surface area contributed by atoms with Gasteiger partial charge in [0.15, 0.2) is 0 Å². The fourth-order valence-electron chi connectivity index (χ4n) is 1.69. The summed E-state index contributed by atoms with van der Waals surface area (Å²) < 4.78 is 1.76. The molecule has 1 N–H and O–H groups in total. The number of aromatic nitrogens is 3. The third kappa shape index (κ3) is 2.48. The summed E-state index contributed by atoms with van der Waals surface area (Å²) in [6.45, 7) is 3.91. The molecule has 0 saturated heterocycles. The predicted molar refractivity (Wildman–Crippen MR) is 68.9 cm³/mol. The minimum atomic E-state index is 0.0976. The standard InChI is InChI=1S/C13H15N5/c1-9-4-5-13(17-12(9)6-14)16-10(2)11-7-15-18(3)8-11/h4-5,7-8,10H,1-3H3,(H,16,17). The van der Waals surface area contributed by atoms with Crippen molar-refractivity contribution >= 4 is 5.82 Å². The summed E-state index contributed by atoms with van der Waals surface area (Å²) in [6, 6.07) is 5.95. The first-order valence-corrected chi connectivity index (χ1v) is 5.73. The maximum Gasteiger partial charge on any atom is 0.145 e. The molecule has 0 spiro atoms. The van der Waals surface area contributed by atoms with E-state index in [4.69, 9.17) is 5.26 Å². The van der Waals surface area contributed by atoms with Crippen LogP contribution in [0.5, 0.6) is 0 Å². The van der Waals surface area contributed by atoms with Gasteiger partial charge in [-0.15, -0.1) is 0 Å². The van der Waals surface area contributed by atoms with Crippen LogP contribution in [0.25, 0.3) is 0 Å². The van der Waals surface area contributed by atoms with Crippen LogP contribution in [0.3, 0.4) is 0 Å². The van der Waals surface area contributed by atoms with E-state index in [-0.39, 0.29) is 6.04 Å². The van der Waals surface area contributed by atoms with E-state index >= 15 is 0 Å². The highest BCUT2D eigenvalue weighted by Crippen LogP contribution is 2.18. The number of nitrogens with one attached hydrogen (secondary N) is 1. The van der Waals surface area contributed by atoms with Gasteiger partial charge in [-0.2, -0.15) is 10.4 Å². The van der Waals surface area contributed by atoms with Crippen molar-refractivity contribution in [2.45, 2.75) is 19.9 Å². The average molecular weight is 241 g/mol. The molecule has 0 aliphatic rings. The van der Waals surface area contributed by atoms with Gasteiger partial charge >= 0.3 is 0 Å². The molecule has 92 valence electrons. The molecule has 0 aromatic carbocycles. The number of nitriles is 1. The fourth-order valence-corrected chi connectivity index (χ4v) is 1.69. The van der Waals surface area contributed by atoms with E-state index in [9.17, 15) is 0 Å². The van der Waals surface area contributed by atoms with E-state index in [0.29, 0.717) is 11.5 Å². The second-order valence-electron chi connectivity index (χ2n) is 4.29. The van der Waals surface area contributed by atoms with Gasteiger partial charge in [0.25, 0.3) is 0 Å². The summed E-state index contributed by atoms with van der Waals surface area (Å²) in [4.78, 5) is 4.26. The number of hydrogen-bond donors (Lipinski definition) is 1. The molecule has 0 aliphatic heterocycles. The minimum Gasteiger partial charge on any atom is -0.363 e. The zero-order valence-electron chi connectivity index (χ0n) is 10.7. The molecule has 1 atom stereocenters. The van der Waals surface area contributed by atoms with Crippen LogP contribution in [0.1, 0.15) is 29.8 Å². The molecule has 0 saturated carbocycles. The Labute approximate surface area is 106 Å². The Balaban J connectivity index is 2.17. The highest BCUT2D eigenvalue weighted by atomic mass is 15.2. The van der Waals surface area contributed by atoms with E-state index in [0.717, 1.165) is 11.1 Å². The van der Waals surface area contributed by atoms with E-state index < -0.39 is 0 Å². The number of hydrogen-bond acceptors (Lipinski definition) is 4. The van der Waals surface area contributed by atoms with Crippen molar-refractivity contribution in [2.75, 3.05) is 5.32 Å². The molecule has 2 rings (SSSR count). The molecular weight excluding hydrogens is 226 g/mol. The molecule has 5 heteroatoms. The second kappa shape index (κ2) is 4.88. The van der Waals surface area contributed by atoms with Crippen LogP contribution in [0.15, 0.2) is 24.5 Å². The third-order valence-corrected chi connectivity index (χ3v) is 2.79. The first kappa shape index (κ1) is 12.1. The number of rotatable bonds is 3. The largest absolute Gasteiger partial charge is 0.363 e. The van der Waals surface area contributed by atoms with Gasteiger partial charge in [-0.3, -0.25) is 4.68 Å². The van der Waals surface area contributed by atoms with Crippen LogP contribution >= 0.6 is 0 Å². The molecule has 0 amide bonds. The Morgan fingerprint density at radius 1 is 1.44 bits per heavy atom. The first-order chi connectivity index (χ1) is 8.60. The van der Waals surface area contributed by atoms with Crippen LogP contribution in [0.4, 0.5) is 5.82 Å². The van der Waals surface area contributed by atoms with Crippen LogP contribution in [0.2, 0.25) is 0 Å². The average Bonchev–Trinajstić information content (AvgIpc) is 2.78. The van der Waals surface area contributed by atoms with E-state index in [1.165, 1.54) is 0 Å². The second-order valence-corrected chi connectivity index (χ2v) is 4.29. The van der Waals surface area contributed by atoms with Crippen LogP contribution in [0, 0.1) is 18.3 Å². The first-order valence-electron chi connectivity index (χ1n) is 5.73. The number of pyridine rings is 1. The quantitative estimate of drug-likeness (QED) is 0.894. The Kier molecular flexibility index (Phi) is 3.28. The van der Waals surface area contributed by atoms with Crippen LogP contribution < -0.4 is 5.32 Å². The van der Waals surface area contributed by atoms with Crippen molar-refractivity contribution in [3.63, 3.8) is 0 Å². The summed E-state index contributed by atoms with van der Waals surface area (Å²) in [6.07, 6.45) is 3.77. The summed E-state index contributed by atoms with van der Waals surface area (Å²) in [7, 11) is 1.88. The number of anilines is 1. The highest BCUT2D eigenvalue weighted by molar-refractivity contribution is 5.43. The lowest BCUT2D eigenvalue weighted by Gasteiger charge is -2.13. The Bertz CT molecular complexity index is 594. The van der Waals surface area contributed by atoms with Crippen molar-refractivity contribution in [2.24, 2.45) is 7.05 Å². The van der Waals surface area contributed by atoms with Gasteiger partial charge in [-0.05, 0) is 25.5 Å². The zero-order valence-corrected chi connectivity index (χ0v) is 10.7.